The summed E-state index contributed by atoms with van der Waals surface area (Å²) in [6.45, 7) is 0.488. The van der Waals surface area contributed by atoms with Crippen molar-refractivity contribution >= 4 is 12.0 Å². The van der Waals surface area contributed by atoms with E-state index in [1.165, 1.54) is 0 Å². The molecule has 0 saturated heterocycles. The van der Waals surface area contributed by atoms with Crippen LogP contribution in [-0.2, 0) is 0 Å². The van der Waals surface area contributed by atoms with Crippen molar-refractivity contribution in [1.29, 1.82) is 0 Å². The Kier molecular flexibility index (Phi) is 2.20. The highest BCUT2D eigenvalue weighted by atomic mass is 16.5. The van der Waals surface area contributed by atoms with Crippen molar-refractivity contribution in [3.63, 3.8) is 0 Å². The predicted octanol–water partition coefficient (Wildman–Crippen LogP) is 0.696. The highest BCUT2D eigenvalue weighted by Gasteiger charge is 2.15. The fraction of sp³-hybridized carbons (Fsp3) is 0.100. The molecule has 0 atom stereocenters. The van der Waals surface area contributed by atoms with Gasteiger partial charge in [-0.15, -0.1) is 0 Å². The minimum Gasteiger partial charge on any atom is -0.488 e. The third kappa shape index (κ3) is 1.36. The van der Waals surface area contributed by atoms with Crippen LogP contribution in [0.25, 0.3) is 6.08 Å². The van der Waals surface area contributed by atoms with Crippen LogP contribution in [0.3, 0.4) is 0 Å². The van der Waals surface area contributed by atoms with Gasteiger partial charge in [-0.05, 0) is 12.1 Å². The summed E-state index contributed by atoms with van der Waals surface area (Å²) in [6, 6.07) is 5.36. The maximum absolute atomic E-state index is 11.3. The van der Waals surface area contributed by atoms with Crippen molar-refractivity contribution in [3.8, 4) is 5.75 Å². The summed E-state index contributed by atoms with van der Waals surface area (Å²) < 4.78 is 5.37. The highest BCUT2D eigenvalue weighted by molar-refractivity contribution is 5.97. The zero-order valence-corrected chi connectivity index (χ0v) is 7.49. The molecule has 2 rings (SSSR count). The number of hydrogen-bond acceptors (Lipinski definition) is 3. The molecule has 4 heteroatoms. The average molecular weight is 190 g/mol. The molecular formula is C10H10N2O2. The minimum atomic E-state index is -0.336. The lowest BCUT2D eigenvalue weighted by Gasteiger charge is -2.15. The quantitative estimate of drug-likeness (QED) is 0.389. The summed E-state index contributed by atoms with van der Waals surface area (Å²) in [4.78, 5) is 11.3. The molecule has 0 bridgehead atoms. The largest absolute Gasteiger partial charge is 0.488 e. The number of hydrazine groups is 1. The number of para-hydroxylation sites is 1. The maximum atomic E-state index is 11.3. The SMILES string of the molecule is NNC(=O)c1cccc2c1OCC=C2. The molecule has 1 heterocycles. The summed E-state index contributed by atoms with van der Waals surface area (Å²) >= 11 is 0. The molecule has 14 heavy (non-hydrogen) atoms. The smallest absolute Gasteiger partial charge is 0.268 e. The molecule has 1 aliphatic heterocycles. The van der Waals surface area contributed by atoms with Crippen LogP contribution in [0.2, 0.25) is 0 Å². The van der Waals surface area contributed by atoms with Crippen LogP contribution in [0, 0.1) is 0 Å². The van der Waals surface area contributed by atoms with E-state index in [4.69, 9.17) is 10.6 Å². The molecule has 3 N–H and O–H groups in total. The normalized spacial score (nSPS) is 12.9. The number of benzene rings is 1. The number of rotatable bonds is 1. The van der Waals surface area contributed by atoms with E-state index in [0.29, 0.717) is 17.9 Å². The van der Waals surface area contributed by atoms with Gasteiger partial charge in [0.2, 0.25) is 0 Å². The topological polar surface area (TPSA) is 64.3 Å². The lowest BCUT2D eigenvalue weighted by atomic mass is 10.1. The Morgan fingerprint density at radius 3 is 3.14 bits per heavy atom. The maximum Gasteiger partial charge on any atom is 0.268 e. The summed E-state index contributed by atoms with van der Waals surface area (Å²) in [5.74, 6) is 5.32. The summed E-state index contributed by atoms with van der Waals surface area (Å²) in [5.41, 5.74) is 3.46. The zero-order chi connectivity index (χ0) is 9.97. The molecule has 0 fully saturated rings. The summed E-state index contributed by atoms with van der Waals surface area (Å²) in [6.07, 6.45) is 3.82. The van der Waals surface area contributed by atoms with Crippen LogP contribution >= 0.6 is 0 Å². The van der Waals surface area contributed by atoms with Crippen LogP contribution in [-0.4, -0.2) is 12.5 Å². The highest BCUT2D eigenvalue weighted by Crippen LogP contribution is 2.27. The first-order chi connectivity index (χ1) is 6.83. The Morgan fingerprint density at radius 1 is 1.50 bits per heavy atom. The van der Waals surface area contributed by atoms with Crippen LogP contribution in [0.1, 0.15) is 15.9 Å². The summed E-state index contributed by atoms with van der Waals surface area (Å²) in [5, 5.41) is 0. The molecular weight excluding hydrogens is 180 g/mol. The van der Waals surface area contributed by atoms with Crippen molar-refractivity contribution in [2.24, 2.45) is 5.84 Å². The van der Waals surface area contributed by atoms with Crippen molar-refractivity contribution in [2.75, 3.05) is 6.61 Å². The van der Waals surface area contributed by atoms with E-state index in [2.05, 4.69) is 5.43 Å². The van der Waals surface area contributed by atoms with Gasteiger partial charge in [0.25, 0.3) is 5.91 Å². The Balaban J connectivity index is 2.51. The first-order valence-electron chi connectivity index (χ1n) is 4.26. The van der Waals surface area contributed by atoms with Gasteiger partial charge in [0.1, 0.15) is 12.4 Å². The first-order valence-corrected chi connectivity index (χ1v) is 4.26. The predicted molar refractivity (Wildman–Crippen MR) is 52.6 cm³/mol. The molecule has 1 aromatic rings. The van der Waals surface area contributed by atoms with Crippen LogP contribution < -0.4 is 16.0 Å². The number of fused-ring (bicyclic) bond motifs is 1. The van der Waals surface area contributed by atoms with Gasteiger partial charge in [0.05, 0.1) is 5.56 Å². The van der Waals surface area contributed by atoms with E-state index in [0.717, 1.165) is 5.56 Å². The zero-order valence-electron chi connectivity index (χ0n) is 7.49. The number of carbonyl (C=O) groups excluding carboxylic acids is 1. The minimum absolute atomic E-state index is 0.336. The second-order valence-electron chi connectivity index (χ2n) is 2.91. The number of nitrogens with one attached hydrogen (secondary N) is 1. The Morgan fingerprint density at radius 2 is 2.36 bits per heavy atom. The van der Waals surface area contributed by atoms with E-state index in [1.807, 2.05) is 18.2 Å². The van der Waals surface area contributed by atoms with Crippen molar-refractivity contribution in [3.05, 3.63) is 35.4 Å². The Hall–Kier alpha value is -1.81. The van der Waals surface area contributed by atoms with Crippen molar-refractivity contribution in [2.45, 2.75) is 0 Å². The van der Waals surface area contributed by atoms with Crippen molar-refractivity contribution in [1.82, 2.24) is 5.43 Å². The van der Waals surface area contributed by atoms with E-state index >= 15 is 0 Å². The molecule has 0 unspecified atom stereocenters. The van der Waals surface area contributed by atoms with Gasteiger partial charge in [-0.25, -0.2) is 5.84 Å². The lowest BCUT2D eigenvalue weighted by Crippen LogP contribution is -2.30. The van der Waals surface area contributed by atoms with E-state index in [9.17, 15) is 4.79 Å². The molecule has 0 radical (unpaired) electrons. The molecule has 1 aliphatic rings. The molecule has 1 aromatic carbocycles. The van der Waals surface area contributed by atoms with Crippen LogP contribution in [0.5, 0.6) is 5.75 Å². The third-order valence-corrected chi connectivity index (χ3v) is 2.04. The van der Waals surface area contributed by atoms with E-state index in [-0.39, 0.29) is 5.91 Å². The monoisotopic (exact) mass is 190 g/mol. The molecule has 72 valence electrons. The molecule has 1 amide bonds. The van der Waals surface area contributed by atoms with Crippen LogP contribution in [0.4, 0.5) is 0 Å². The van der Waals surface area contributed by atoms with Gasteiger partial charge in [-0.3, -0.25) is 10.2 Å². The Bertz CT molecular complexity index is 399. The first kappa shape index (κ1) is 8.77. The van der Waals surface area contributed by atoms with Gasteiger partial charge in [0, 0.05) is 5.56 Å². The molecule has 0 aliphatic carbocycles. The van der Waals surface area contributed by atoms with Gasteiger partial charge < -0.3 is 4.74 Å². The molecule has 0 aromatic heterocycles. The van der Waals surface area contributed by atoms with E-state index in [1.54, 1.807) is 12.1 Å². The standard InChI is InChI=1S/C10H10N2O2/c11-12-10(13)8-5-1-3-7-4-2-6-14-9(7)8/h1-5H,6,11H2,(H,12,13). The average Bonchev–Trinajstić information content (AvgIpc) is 2.27. The Labute approximate surface area is 81.3 Å². The lowest BCUT2D eigenvalue weighted by molar-refractivity contribution is 0.0950. The number of hydrogen-bond donors (Lipinski definition) is 2. The third-order valence-electron chi connectivity index (χ3n) is 2.04. The van der Waals surface area contributed by atoms with Gasteiger partial charge in [-0.1, -0.05) is 18.2 Å². The van der Waals surface area contributed by atoms with Crippen LogP contribution in [0.15, 0.2) is 24.3 Å². The van der Waals surface area contributed by atoms with Gasteiger partial charge in [-0.2, -0.15) is 0 Å². The molecule has 4 nitrogen and oxygen atoms in total. The number of carbonyl (C=O) groups is 1. The van der Waals surface area contributed by atoms with Crippen molar-refractivity contribution < 1.29 is 9.53 Å². The fourth-order valence-corrected chi connectivity index (χ4v) is 1.41. The fourth-order valence-electron chi connectivity index (χ4n) is 1.41. The van der Waals surface area contributed by atoms with Gasteiger partial charge >= 0.3 is 0 Å². The number of amides is 1. The second kappa shape index (κ2) is 3.51. The number of nitrogen functional groups attached to an aromatic ring is 1. The molecule has 0 spiro atoms. The number of nitrogens with two attached hydrogens (primary N) is 1. The summed E-state index contributed by atoms with van der Waals surface area (Å²) in [7, 11) is 0. The number of ether oxygens (including phenoxy) is 1. The van der Waals surface area contributed by atoms with E-state index < -0.39 is 0 Å². The molecule has 0 saturated carbocycles. The second-order valence-corrected chi connectivity index (χ2v) is 2.91. The van der Waals surface area contributed by atoms with Gasteiger partial charge in [0.15, 0.2) is 0 Å².